The highest BCUT2D eigenvalue weighted by Gasteiger charge is 2.12. The average molecular weight is 297 g/mol. The number of hydrogen-bond donors (Lipinski definition) is 1. The zero-order valence-electron chi connectivity index (χ0n) is 12.7. The summed E-state index contributed by atoms with van der Waals surface area (Å²) in [5.41, 5.74) is 6.67. The second-order valence-corrected chi connectivity index (χ2v) is 6.11. The number of likely N-dealkylation sites (N-methyl/N-ethyl adjacent to an activating group) is 1. The molecule has 0 saturated carbocycles. The topological polar surface area (TPSA) is 32.5 Å². The second kappa shape index (κ2) is 7.55. The van der Waals surface area contributed by atoms with Crippen molar-refractivity contribution in [2.75, 3.05) is 38.6 Å². The highest BCUT2D eigenvalue weighted by atomic mass is 32.1. The van der Waals surface area contributed by atoms with Crippen LogP contribution in [0.5, 0.6) is 0 Å². The summed E-state index contributed by atoms with van der Waals surface area (Å²) < 4.78 is 14.0. The van der Waals surface area contributed by atoms with Gasteiger partial charge in [0.25, 0.3) is 0 Å². The van der Waals surface area contributed by atoms with Crippen molar-refractivity contribution in [3.05, 3.63) is 29.6 Å². The lowest BCUT2D eigenvalue weighted by molar-refractivity contribution is 0.409. The lowest BCUT2D eigenvalue weighted by atomic mass is 10.1. The van der Waals surface area contributed by atoms with Gasteiger partial charge in [0.05, 0.1) is 0 Å². The molecular weight excluding hydrogens is 273 g/mol. The van der Waals surface area contributed by atoms with E-state index in [9.17, 15) is 4.39 Å². The molecule has 5 heteroatoms. The molecule has 0 amide bonds. The van der Waals surface area contributed by atoms with E-state index in [2.05, 4.69) is 23.6 Å². The predicted octanol–water partition coefficient (Wildman–Crippen LogP) is 2.48. The van der Waals surface area contributed by atoms with Gasteiger partial charge >= 0.3 is 0 Å². The van der Waals surface area contributed by atoms with Crippen LogP contribution in [0, 0.1) is 11.7 Å². The Balaban J connectivity index is 2.95. The van der Waals surface area contributed by atoms with E-state index in [0.717, 1.165) is 25.3 Å². The molecule has 1 aromatic carbocycles. The summed E-state index contributed by atoms with van der Waals surface area (Å²) in [6.07, 6.45) is 0. The second-order valence-electron chi connectivity index (χ2n) is 5.67. The number of nitrogens with zero attached hydrogens (tertiary/aromatic N) is 2. The van der Waals surface area contributed by atoms with Crippen LogP contribution in [-0.4, -0.2) is 43.6 Å². The molecule has 20 heavy (non-hydrogen) atoms. The fourth-order valence-corrected chi connectivity index (χ4v) is 2.15. The Bertz CT molecular complexity index is 460. The summed E-state index contributed by atoms with van der Waals surface area (Å²) in [6, 6.07) is 5.07. The molecule has 0 radical (unpaired) electrons. The molecule has 0 heterocycles. The molecule has 2 N–H and O–H groups in total. The van der Waals surface area contributed by atoms with Gasteiger partial charge in [-0.25, -0.2) is 4.39 Å². The minimum Gasteiger partial charge on any atom is -0.389 e. The maximum atomic E-state index is 14.0. The number of halogens is 1. The van der Waals surface area contributed by atoms with Crippen LogP contribution in [0.1, 0.15) is 19.4 Å². The fraction of sp³-hybridized carbons (Fsp3) is 0.533. The van der Waals surface area contributed by atoms with Crippen LogP contribution >= 0.6 is 12.2 Å². The fourth-order valence-electron chi connectivity index (χ4n) is 1.99. The van der Waals surface area contributed by atoms with E-state index in [1.165, 1.54) is 6.07 Å². The Morgan fingerprint density at radius 2 is 1.95 bits per heavy atom. The summed E-state index contributed by atoms with van der Waals surface area (Å²) >= 11 is 4.83. The van der Waals surface area contributed by atoms with Crippen molar-refractivity contribution in [2.45, 2.75) is 13.8 Å². The number of hydrogen-bond acceptors (Lipinski definition) is 3. The Kier molecular flexibility index (Phi) is 6.36. The molecule has 0 bridgehead atoms. The van der Waals surface area contributed by atoms with Crippen LogP contribution < -0.4 is 10.6 Å². The Labute approximate surface area is 126 Å². The molecule has 112 valence electrons. The number of nitrogens with two attached hydrogens (primary N) is 1. The van der Waals surface area contributed by atoms with Crippen LogP contribution in [0.15, 0.2) is 18.2 Å². The van der Waals surface area contributed by atoms with Crippen molar-refractivity contribution in [1.82, 2.24) is 4.90 Å². The first-order chi connectivity index (χ1) is 9.31. The van der Waals surface area contributed by atoms with Crippen molar-refractivity contribution in [3.63, 3.8) is 0 Å². The molecule has 0 aromatic heterocycles. The van der Waals surface area contributed by atoms with Gasteiger partial charge in [-0.05, 0) is 38.2 Å². The van der Waals surface area contributed by atoms with Gasteiger partial charge in [0.15, 0.2) is 0 Å². The first-order valence-electron chi connectivity index (χ1n) is 6.80. The summed E-state index contributed by atoms with van der Waals surface area (Å²) in [5, 5.41) is 0. The van der Waals surface area contributed by atoms with Crippen molar-refractivity contribution in [2.24, 2.45) is 11.7 Å². The van der Waals surface area contributed by atoms with Crippen LogP contribution in [0.3, 0.4) is 0 Å². The maximum Gasteiger partial charge on any atom is 0.135 e. The van der Waals surface area contributed by atoms with Crippen LogP contribution in [0.2, 0.25) is 0 Å². The average Bonchev–Trinajstić information content (AvgIpc) is 2.33. The standard InChI is InChI=1S/C15H24FN3S/c1-11(2)10-19(8-7-18(3)4)12-5-6-13(15(17)20)14(16)9-12/h5-6,9,11H,7-8,10H2,1-4H3,(H2,17,20). The minimum absolute atomic E-state index is 0.0951. The normalized spacial score (nSPS) is 11.2. The van der Waals surface area contributed by atoms with Gasteiger partial charge < -0.3 is 15.5 Å². The highest BCUT2D eigenvalue weighted by Crippen LogP contribution is 2.20. The van der Waals surface area contributed by atoms with E-state index >= 15 is 0 Å². The Hall–Kier alpha value is -1.20. The first kappa shape index (κ1) is 16.9. The summed E-state index contributed by atoms with van der Waals surface area (Å²) in [5.74, 6) is 0.157. The smallest absolute Gasteiger partial charge is 0.135 e. The lowest BCUT2D eigenvalue weighted by Crippen LogP contribution is -2.34. The van der Waals surface area contributed by atoms with Gasteiger partial charge in [0.2, 0.25) is 0 Å². The van der Waals surface area contributed by atoms with E-state index < -0.39 is 0 Å². The minimum atomic E-state index is -0.353. The first-order valence-corrected chi connectivity index (χ1v) is 7.21. The van der Waals surface area contributed by atoms with Gasteiger partial charge in [-0.15, -0.1) is 0 Å². The van der Waals surface area contributed by atoms with Crippen molar-refractivity contribution < 1.29 is 4.39 Å². The van der Waals surface area contributed by atoms with Gasteiger partial charge in [-0.3, -0.25) is 0 Å². The van der Waals surface area contributed by atoms with Crippen molar-refractivity contribution in [1.29, 1.82) is 0 Å². The Morgan fingerprint density at radius 1 is 1.30 bits per heavy atom. The maximum absolute atomic E-state index is 14.0. The molecule has 0 unspecified atom stereocenters. The third-order valence-corrected chi connectivity index (χ3v) is 3.21. The number of rotatable bonds is 7. The monoisotopic (exact) mass is 297 g/mol. The number of anilines is 1. The summed E-state index contributed by atoms with van der Waals surface area (Å²) in [4.78, 5) is 4.40. The lowest BCUT2D eigenvalue weighted by Gasteiger charge is -2.28. The van der Waals surface area contributed by atoms with E-state index in [1.807, 2.05) is 20.2 Å². The molecule has 0 aliphatic rings. The SMILES string of the molecule is CC(C)CN(CCN(C)C)c1ccc(C(N)=S)c(F)c1. The summed E-state index contributed by atoms with van der Waals surface area (Å²) in [6.45, 7) is 6.98. The van der Waals surface area contributed by atoms with Gasteiger partial charge in [0, 0.05) is 30.9 Å². The van der Waals surface area contributed by atoms with Crippen molar-refractivity contribution in [3.8, 4) is 0 Å². The molecule has 3 nitrogen and oxygen atoms in total. The van der Waals surface area contributed by atoms with Crippen molar-refractivity contribution >= 4 is 22.9 Å². The Morgan fingerprint density at radius 3 is 2.40 bits per heavy atom. The molecule has 0 spiro atoms. The van der Waals surface area contributed by atoms with E-state index in [4.69, 9.17) is 18.0 Å². The number of thiocarbonyl (C=S) groups is 1. The molecule has 0 aliphatic heterocycles. The molecule has 0 saturated heterocycles. The third kappa shape index (κ3) is 5.06. The molecular formula is C15H24FN3S. The highest BCUT2D eigenvalue weighted by molar-refractivity contribution is 7.80. The van der Waals surface area contributed by atoms with Crippen LogP contribution in [-0.2, 0) is 0 Å². The molecule has 0 aliphatic carbocycles. The van der Waals surface area contributed by atoms with Gasteiger partial charge in [-0.2, -0.15) is 0 Å². The zero-order valence-corrected chi connectivity index (χ0v) is 13.5. The zero-order chi connectivity index (χ0) is 15.3. The van der Waals surface area contributed by atoms with Gasteiger partial charge in [0.1, 0.15) is 10.8 Å². The van der Waals surface area contributed by atoms with E-state index in [1.54, 1.807) is 6.07 Å². The molecule has 1 aromatic rings. The number of benzene rings is 1. The largest absolute Gasteiger partial charge is 0.389 e. The third-order valence-electron chi connectivity index (χ3n) is 2.99. The quantitative estimate of drug-likeness (QED) is 0.784. The van der Waals surface area contributed by atoms with Crippen LogP contribution in [0.25, 0.3) is 0 Å². The van der Waals surface area contributed by atoms with E-state index in [0.29, 0.717) is 11.5 Å². The van der Waals surface area contributed by atoms with Crippen LogP contribution in [0.4, 0.5) is 10.1 Å². The van der Waals surface area contributed by atoms with E-state index in [-0.39, 0.29) is 10.8 Å². The molecule has 1 rings (SSSR count). The molecule has 0 fully saturated rings. The predicted molar refractivity (Wildman–Crippen MR) is 87.9 cm³/mol. The molecule has 0 atom stereocenters. The summed E-state index contributed by atoms with van der Waals surface area (Å²) in [7, 11) is 4.06. The van der Waals surface area contributed by atoms with Gasteiger partial charge in [-0.1, -0.05) is 26.1 Å².